The van der Waals surface area contributed by atoms with Crippen LogP contribution in [-0.4, -0.2) is 53.7 Å². The molecule has 1 heterocycles. The lowest BCUT2D eigenvalue weighted by molar-refractivity contribution is 0.0971. The van der Waals surface area contributed by atoms with Crippen LogP contribution < -0.4 is 15.1 Å². The summed E-state index contributed by atoms with van der Waals surface area (Å²) in [5, 5.41) is 8.74. The standard InChI is InChI=1S/C23H30N4O3.BrH/c1-5-25(6-2)13-14-26-18-9-7-8-10-19(18)27(23(26)24)16-20(28)17-11-12-21(29-3)22(15-17)30-4;/h7-12,15,24H,5-6,13-14,16H2,1-4H3;1H. The lowest BCUT2D eigenvalue weighted by Gasteiger charge is -2.18. The third-order valence-corrected chi connectivity index (χ3v) is 5.52. The molecule has 0 saturated heterocycles. The number of nitrogens with one attached hydrogen (secondary N) is 1. The van der Waals surface area contributed by atoms with Crippen LogP contribution in [-0.2, 0) is 13.1 Å². The van der Waals surface area contributed by atoms with Crippen molar-refractivity contribution in [2.24, 2.45) is 0 Å². The van der Waals surface area contributed by atoms with Crippen molar-refractivity contribution in [3.63, 3.8) is 0 Å². The second kappa shape index (κ2) is 11.2. The summed E-state index contributed by atoms with van der Waals surface area (Å²) in [6.07, 6.45) is 0. The van der Waals surface area contributed by atoms with Gasteiger partial charge in [0.25, 0.3) is 0 Å². The number of imidazole rings is 1. The SMILES string of the molecule is Br.CCN(CC)CCn1c(=N)n(CC(=O)c2ccc(OC)c(OC)c2)c2ccccc21. The fourth-order valence-corrected chi connectivity index (χ4v) is 3.71. The number of nitrogens with zero attached hydrogens (tertiary/aromatic N) is 3. The van der Waals surface area contributed by atoms with Gasteiger partial charge in [-0.15, -0.1) is 17.0 Å². The van der Waals surface area contributed by atoms with Crippen LogP contribution in [0.4, 0.5) is 0 Å². The Labute approximate surface area is 193 Å². The van der Waals surface area contributed by atoms with Gasteiger partial charge in [-0.3, -0.25) is 10.2 Å². The van der Waals surface area contributed by atoms with E-state index in [1.807, 2.05) is 28.8 Å². The molecule has 0 aliphatic carbocycles. The quantitative estimate of drug-likeness (QED) is 0.439. The molecule has 0 atom stereocenters. The van der Waals surface area contributed by atoms with E-state index in [-0.39, 0.29) is 29.3 Å². The predicted octanol–water partition coefficient (Wildman–Crippen LogP) is 3.74. The van der Waals surface area contributed by atoms with E-state index in [0.29, 0.717) is 29.2 Å². The molecule has 3 aromatic rings. The largest absolute Gasteiger partial charge is 0.493 e. The summed E-state index contributed by atoms with van der Waals surface area (Å²) in [5.74, 6) is 1.01. The van der Waals surface area contributed by atoms with Crippen LogP contribution >= 0.6 is 17.0 Å². The molecule has 0 saturated carbocycles. The molecule has 0 unspecified atom stereocenters. The number of hydrogen-bond acceptors (Lipinski definition) is 5. The number of benzene rings is 2. The summed E-state index contributed by atoms with van der Waals surface area (Å²) < 4.78 is 14.3. The van der Waals surface area contributed by atoms with E-state index in [1.54, 1.807) is 37.0 Å². The first-order valence-electron chi connectivity index (χ1n) is 10.2. The van der Waals surface area contributed by atoms with Crippen molar-refractivity contribution < 1.29 is 14.3 Å². The first-order valence-corrected chi connectivity index (χ1v) is 10.2. The van der Waals surface area contributed by atoms with E-state index in [9.17, 15) is 4.79 Å². The topological polar surface area (TPSA) is 72.5 Å². The molecule has 0 aliphatic heterocycles. The Bertz CT molecular complexity index is 1090. The molecule has 168 valence electrons. The van der Waals surface area contributed by atoms with Crippen molar-refractivity contribution in [2.45, 2.75) is 26.9 Å². The number of hydrogen-bond donors (Lipinski definition) is 1. The minimum atomic E-state index is -0.0823. The van der Waals surface area contributed by atoms with Gasteiger partial charge in [0, 0.05) is 18.7 Å². The first-order chi connectivity index (χ1) is 14.5. The summed E-state index contributed by atoms with van der Waals surface area (Å²) in [4.78, 5) is 15.4. The van der Waals surface area contributed by atoms with Gasteiger partial charge in [-0.1, -0.05) is 26.0 Å². The van der Waals surface area contributed by atoms with Gasteiger partial charge in [-0.05, 0) is 43.4 Å². The Balaban J connectivity index is 0.00000341. The molecule has 0 radical (unpaired) electrons. The number of likely N-dealkylation sites (N-methyl/N-ethyl adjacent to an activating group) is 1. The smallest absolute Gasteiger partial charge is 0.203 e. The van der Waals surface area contributed by atoms with Gasteiger partial charge in [0.15, 0.2) is 17.3 Å². The molecular formula is C23H31BrN4O3. The fraction of sp³-hybridized carbons (Fsp3) is 0.391. The summed E-state index contributed by atoms with van der Waals surface area (Å²) >= 11 is 0. The molecule has 0 aliphatic rings. The third-order valence-electron chi connectivity index (χ3n) is 5.52. The summed E-state index contributed by atoms with van der Waals surface area (Å²) in [6, 6.07) is 13.0. The monoisotopic (exact) mass is 490 g/mol. The van der Waals surface area contributed by atoms with Gasteiger partial charge in [0.2, 0.25) is 5.62 Å². The Kier molecular flexibility index (Phi) is 8.88. The molecule has 8 heteroatoms. The average molecular weight is 491 g/mol. The fourth-order valence-electron chi connectivity index (χ4n) is 3.71. The van der Waals surface area contributed by atoms with Crippen molar-refractivity contribution in [1.82, 2.24) is 14.0 Å². The molecule has 3 rings (SSSR count). The molecule has 31 heavy (non-hydrogen) atoms. The summed E-state index contributed by atoms with van der Waals surface area (Å²) in [7, 11) is 3.11. The van der Waals surface area contributed by atoms with Crippen LogP contribution in [0.5, 0.6) is 11.5 Å². The zero-order chi connectivity index (χ0) is 21.7. The lowest BCUT2D eigenvalue weighted by atomic mass is 10.1. The highest BCUT2D eigenvalue weighted by Crippen LogP contribution is 2.28. The van der Waals surface area contributed by atoms with E-state index in [4.69, 9.17) is 14.9 Å². The molecule has 2 aromatic carbocycles. The second-order valence-corrected chi connectivity index (χ2v) is 7.07. The third kappa shape index (κ3) is 5.19. The normalized spacial score (nSPS) is 10.9. The maximum Gasteiger partial charge on any atom is 0.203 e. The number of ether oxygens (including phenoxy) is 2. The van der Waals surface area contributed by atoms with E-state index < -0.39 is 0 Å². The second-order valence-electron chi connectivity index (χ2n) is 7.07. The Morgan fingerprint density at radius 2 is 1.58 bits per heavy atom. The first kappa shape index (κ1) is 24.7. The Morgan fingerprint density at radius 1 is 0.968 bits per heavy atom. The van der Waals surface area contributed by atoms with Gasteiger partial charge in [-0.25, -0.2) is 0 Å². The number of Topliss-reactive ketones (excluding diaryl/α,β-unsaturated/α-hetero) is 1. The molecule has 0 amide bonds. The number of fused-ring (bicyclic) bond motifs is 1. The number of ketones is 1. The van der Waals surface area contributed by atoms with Crippen molar-refractivity contribution >= 4 is 33.8 Å². The van der Waals surface area contributed by atoms with Crippen molar-refractivity contribution in [3.05, 3.63) is 53.6 Å². The van der Waals surface area contributed by atoms with Gasteiger partial charge >= 0.3 is 0 Å². The Morgan fingerprint density at radius 3 is 2.16 bits per heavy atom. The molecule has 7 nitrogen and oxygen atoms in total. The number of aromatic nitrogens is 2. The van der Waals surface area contributed by atoms with Crippen LogP contribution in [0.1, 0.15) is 24.2 Å². The summed E-state index contributed by atoms with van der Waals surface area (Å²) in [5.41, 5.74) is 2.71. The highest BCUT2D eigenvalue weighted by atomic mass is 79.9. The van der Waals surface area contributed by atoms with Crippen LogP contribution in [0.2, 0.25) is 0 Å². The number of halogens is 1. The van der Waals surface area contributed by atoms with Crippen molar-refractivity contribution in [2.75, 3.05) is 33.9 Å². The van der Waals surface area contributed by atoms with E-state index >= 15 is 0 Å². The zero-order valence-corrected chi connectivity index (χ0v) is 20.3. The predicted molar refractivity (Wildman–Crippen MR) is 128 cm³/mol. The van der Waals surface area contributed by atoms with E-state index in [1.165, 1.54) is 0 Å². The molecule has 0 fully saturated rings. The number of carbonyl (C=O) groups is 1. The van der Waals surface area contributed by atoms with Gasteiger partial charge in [0.1, 0.15) is 0 Å². The van der Waals surface area contributed by atoms with E-state index in [0.717, 1.165) is 30.7 Å². The minimum absolute atomic E-state index is 0. The van der Waals surface area contributed by atoms with Gasteiger partial charge < -0.3 is 23.5 Å². The molecule has 0 spiro atoms. The van der Waals surface area contributed by atoms with Crippen molar-refractivity contribution in [3.8, 4) is 11.5 Å². The van der Waals surface area contributed by atoms with Crippen LogP contribution in [0, 0.1) is 5.41 Å². The zero-order valence-electron chi connectivity index (χ0n) is 18.6. The van der Waals surface area contributed by atoms with Crippen LogP contribution in [0.15, 0.2) is 42.5 Å². The number of para-hydroxylation sites is 2. The molecule has 0 bridgehead atoms. The number of rotatable bonds is 10. The number of carbonyl (C=O) groups excluding carboxylic acids is 1. The Hall–Kier alpha value is -2.58. The molecule has 1 N–H and O–H groups in total. The minimum Gasteiger partial charge on any atom is -0.493 e. The highest BCUT2D eigenvalue weighted by Gasteiger charge is 2.16. The van der Waals surface area contributed by atoms with Crippen LogP contribution in [0.3, 0.4) is 0 Å². The lowest BCUT2D eigenvalue weighted by Crippen LogP contribution is -2.32. The van der Waals surface area contributed by atoms with Gasteiger partial charge in [0.05, 0.1) is 31.8 Å². The highest BCUT2D eigenvalue weighted by molar-refractivity contribution is 8.93. The maximum atomic E-state index is 13.0. The number of methoxy groups -OCH3 is 2. The average Bonchev–Trinajstić information content (AvgIpc) is 3.05. The molecule has 1 aromatic heterocycles. The summed E-state index contributed by atoms with van der Waals surface area (Å²) in [6.45, 7) is 7.89. The maximum absolute atomic E-state index is 13.0. The molecular weight excluding hydrogens is 460 g/mol. The van der Waals surface area contributed by atoms with E-state index in [2.05, 4.69) is 18.7 Å². The van der Waals surface area contributed by atoms with Crippen LogP contribution in [0.25, 0.3) is 11.0 Å². The van der Waals surface area contributed by atoms with Gasteiger partial charge in [-0.2, -0.15) is 0 Å². The van der Waals surface area contributed by atoms with Crippen molar-refractivity contribution in [1.29, 1.82) is 5.41 Å².